The predicted octanol–water partition coefficient (Wildman–Crippen LogP) is 27.3. The van der Waals surface area contributed by atoms with Gasteiger partial charge in [-0.2, -0.15) is 0 Å². The van der Waals surface area contributed by atoms with Crippen LogP contribution in [0.5, 0.6) is 0 Å². The molecule has 0 saturated heterocycles. The zero-order valence-electron chi connectivity index (χ0n) is 53.1. The summed E-state index contributed by atoms with van der Waals surface area (Å²) in [5.74, 6) is 0. The van der Waals surface area contributed by atoms with Gasteiger partial charge in [0.1, 0.15) is 44.7 Å². The van der Waals surface area contributed by atoms with Crippen LogP contribution in [0.1, 0.15) is 0 Å². The Morgan fingerprint density at radius 3 is 1.03 bits per heavy atom. The van der Waals surface area contributed by atoms with E-state index in [0.29, 0.717) is 0 Å². The highest BCUT2D eigenvalue weighted by molar-refractivity contribution is 7.25. The summed E-state index contributed by atoms with van der Waals surface area (Å²) in [7, 11) is 0. The first-order valence-electron chi connectivity index (χ1n) is 33.5. The highest BCUT2D eigenvalue weighted by Crippen LogP contribution is 2.52. The first-order chi connectivity index (χ1) is 49.1. The van der Waals surface area contributed by atoms with Gasteiger partial charge in [-0.25, -0.2) is 0 Å². The maximum absolute atomic E-state index is 6.84. The van der Waals surface area contributed by atoms with Crippen LogP contribution < -0.4 is 0 Å². The molecule has 6 heteroatoms. The standard InChI is InChI=1S/C50H28O2S.C43H25NO2/c1-3-15-36-34(13-1)47(30-22-26-46-41(28-30)33-12-7-10-20-45(33)53-46)35-14-2-4-16-37(35)48(36)39-24-23-31(50-49(39)38-17-6-9-19-43(38)52-50)29-21-25-44-40(27-29)32-11-5-8-18-42(32)51-44;1-3-14-32-30(12-1)40(26-19-22-39-36(24-26)29-11-5-7-17-37(29)45-39)31-13-2-4-15-33(31)41(32)35-21-20-28(27-10-9-23-44-25-27)43-42(35)34-16-6-8-18-38(34)46-43/h1-28H;1-25H. The molecule has 0 atom stereocenters. The zero-order valence-corrected chi connectivity index (χ0v) is 53.9. The van der Waals surface area contributed by atoms with Crippen molar-refractivity contribution in [2.75, 3.05) is 0 Å². The zero-order chi connectivity index (χ0) is 64.8. The van der Waals surface area contributed by atoms with Crippen LogP contribution in [0.3, 0.4) is 0 Å². The summed E-state index contributed by atoms with van der Waals surface area (Å²) < 4.78 is 28.5. The van der Waals surface area contributed by atoms with Gasteiger partial charge in [-0.3, -0.25) is 4.98 Å². The van der Waals surface area contributed by atoms with E-state index in [0.717, 1.165) is 116 Å². The number of pyridine rings is 1. The molecule has 16 aromatic carbocycles. The Balaban J connectivity index is 0.000000131. The molecule has 0 bridgehead atoms. The van der Waals surface area contributed by atoms with E-state index in [1.54, 1.807) is 6.20 Å². The second-order valence-corrected chi connectivity index (χ2v) is 26.9. The average molecular weight is 1280 g/mol. The summed E-state index contributed by atoms with van der Waals surface area (Å²) in [6.07, 6.45) is 3.71. The molecule has 460 valence electrons. The van der Waals surface area contributed by atoms with Crippen molar-refractivity contribution in [3.63, 3.8) is 0 Å². The van der Waals surface area contributed by atoms with Crippen LogP contribution in [0, 0.1) is 0 Å². The SMILES string of the molecule is c1ccc2c(c1)oc1ccc(-c3ccc(-c4c5ccccc5c(-c5ccc6sc7ccccc7c6c5)c5ccccc45)c4c3oc3ccccc34)cc12.c1cncc(-c2ccc(-c3c4ccccc4c(-c4ccc5oc6ccccc6c5c4)c4ccccc34)c3c2oc2ccccc23)c1. The van der Waals surface area contributed by atoms with Crippen LogP contribution in [0.2, 0.25) is 0 Å². The fourth-order valence-electron chi connectivity index (χ4n) is 16.2. The van der Waals surface area contributed by atoms with Crippen LogP contribution in [0.15, 0.2) is 339 Å². The first kappa shape index (κ1) is 55.4. The monoisotopic (exact) mass is 1280 g/mol. The van der Waals surface area contributed by atoms with Crippen molar-refractivity contribution in [2.45, 2.75) is 0 Å². The van der Waals surface area contributed by atoms with Gasteiger partial charge in [0.2, 0.25) is 0 Å². The summed E-state index contributed by atoms with van der Waals surface area (Å²) in [5, 5.41) is 21.3. The topological polar surface area (TPSA) is 65.5 Å². The number of hydrogen-bond acceptors (Lipinski definition) is 6. The Hall–Kier alpha value is -12.9. The minimum Gasteiger partial charge on any atom is -0.456 e. The van der Waals surface area contributed by atoms with E-state index in [4.69, 9.17) is 17.7 Å². The highest BCUT2D eigenvalue weighted by atomic mass is 32.1. The normalized spacial score (nSPS) is 12.0. The van der Waals surface area contributed by atoms with E-state index >= 15 is 0 Å². The predicted molar refractivity (Wildman–Crippen MR) is 415 cm³/mol. The molecule has 0 radical (unpaired) electrons. The summed E-state index contributed by atoms with van der Waals surface area (Å²) in [5.41, 5.74) is 21.0. The summed E-state index contributed by atoms with van der Waals surface area (Å²) in [6.45, 7) is 0. The van der Waals surface area contributed by atoms with Crippen LogP contribution in [0.4, 0.5) is 0 Å². The second kappa shape index (κ2) is 21.8. The Morgan fingerprint density at radius 2 is 0.556 bits per heavy atom. The van der Waals surface area contributed by atoms with E-state index in [9.17, 15) is 0 Å². The molecule has 0 fully saturated rings. The number of rotatable bonds is 6. The third-order valence-corrected chi connectivity index (χ3v) is 21.6. The third kappa shape index (κ3) is 8.50. The van der Waals surface area contributed by atoms with Crippen molar-refractivity contribution in [3.8, 4) is 66.8 Å². The van der Waals surface area contributed by atoms with Crippen LogP contribution in [0.25, 0.3) is 218 Å². The molecule has 0 aliphatic heterocycles. The van der Waals surface area contributed by atoms with Gasteiger partial charge in [0.25, 0.3) is 0 Å². The molecule has 22 rings (SSSR count). The smallest absolute Gasteiger partial charge is 0.143 e. The number of para-hydroxylation sites is 4. The van der Waals surface area contributed by atoms with Crippen molar-refractivity contribution < 1.29 is 17.7 Å². The molecule has 0 unspecified atom stereocenters. The lowest BCUT2D eigenvalue weighted by Gasteiger charge is -2.19. The molecule has 6 heterocycles. The molecule has 0 aliphatic rings. The molecular formula is C93H53NO4S. The number of aromatic nitrogens is 1. The van der Waals surface area contributed by atoms with Crippen molar-refractivity contribution >= 4 is 162 Å². The van der Waals surface area contributed by atoms with Crippen molar-refractivity contribution in [1.29, 1.82) is 0 Å². The van der Waals surface area contributed by atoms with Gasteiger partial charge < -0.3 is 17.7 Å². The van der Waals surface area contributed by atoms with Gasteiger partial charge >= 0.3 is 0 Å². The lowest BCUT2D eigenvalue weighted by molar-refractivity contribution is 0.668. The quantitative estimate of drug-likeness (QED) is 0.155. The number of nitrogens with zero attached hydrogens (tertiary/aromatic N) is 1. The van der Waals surface area contributed by atoms with Gasteiger partial charge in [-0.05, 0) is 178 Å². The number of benzene rings is 16. The van der Waals surface area contributed by atoms with Gasteiger partial charge in [-0.15, -0.1) is 11.3 Å². The maximum atomic E-state index is 6.84. The van der Waals surface area contributed by atoms with E-state index in [-0.39, 0.29) is 0 Å². The van der Waals surface area contributed by atoms with E-state index in [2.05, 4.69) is 278 Å². The minimum atomic E-state index is 0.876. The highest BCUT2D eigenvalue weighted by Gasteiger charge is 2.26. The molecule has 0 spiro atoms. The summed E-state index contributed by atoms with van der Waals surface area (Å²) in [4.78, 5) is 4.41. The molecule has 22 aromatic rings. The molecular weight excluding hydrogens is 1230 g/mol. The largest absolute Gasteiger partial charge is 0.456 e. The molecule has 6 aromatic heterocycles. The number of hydrogen-bond donors (Lipinski definition) is 0. The van der Waals surface area contributed by atoms with Gasteiger partial charge in [0, 0.05) is 92.3 Å². The molecule has 0 N–H and O–H groups in total. The molecule has 0 aliphatic carbocycles. The molecule has 0 saturated carbocycles. The van der Waals surface area contributed by atoms with Gasteiger partial charge in [-0.1, -0.05) is 224 Å². The van der Waals surface area contributed by atoms with E-state index in [1.807, 2.05) is 53.9 Å². The van der Waals surface area contributed by atoms with Crippen molar-refractivity contribution in [2.24, 2.45) is 0 Å². The Bertz CT molecular complexity index is 7010. The first-order valence-corrected chi connectivity index (χ1v) is 34.3. The van der Waals surface area contributed by atoms with Crippen LogP contribution in [-0.2, 0) is 0 Å². The maximum Gasteiger partial charge on any atom is 0.143 e. The molecule has 99 heavy (non-hydrogen) atoms. The Morgan fingerprint density at radius 1 is 0.212 bits per heavy atom. The number of thiophene rings is 1. The van der Waals surface area contributed by atoms with E-state index in [1.165, 1.54) is 102 Å². The third-order valence-electron chi connectivity index (χ3n) is 20.4. The summed E-state index contributed by atoms with van der Waals surface area (Å²) >= 11 is 1.86. The number of furan rings is 4. The lowest BCUT2D eigenvalue weighted by Crippen LogP contribution is -1.92. The fourth-order valence-corrected chi connectivity index (χ4v) is 17.3. The number of fused-ring (bicyclic) bond motifs is 19. The van der Waals surface area contributed by atoms with Gasteiger partial charge in [0.15, 0.2) is 0 Å². The average Bonchev–Trinajstić information content (AvgIpc) is 1.71. The Labute approximate surface area is 569 Å². The van der Waals surface area contributed by atoms with Crippen LogP contribution in [-0.4, -0.2) is 4.98 Å². The summed E-state index contributed by atoms with van der Waals surface area (Å²) in [6, 6.07) is 111. The minimum absolute atomic E-state index is 0.876. The fraction of sp³-hybridized carbons (Fsp3) is 0. The lowest BCUT2D eigenvalue weighted by atomic mass is 9.84. The molecule has 5 nitrogen and oxygen atoms in total. The van der Waals surface area contributed by atoms with E-state index < -0.39 is 0 Å². The second-order valence-electron chi connectivity index (χ2n) is 25.8. The van der Waals surface area contributed by atoms with Crippen molar-refractivity contribution in [3.05, 3.63) is 322 Å². The Kier molecular flexibility index (Phi) is 12.2. The molecule has 0 amide bonds. The van der Waals surface area contributed by atoms with Crippen LogP contribution >= 0.6 is 11.3 Å². The van der Waals surface area contributed by atoms with Gasteiger partial charge in [0.05, 0.1) is 0 Å². The van der Waals surface area contributed by atoms with Crippen molar-refractivity contribution in [1.82, 2.24) is 4.98 Å².